The molecule has 0 fully saturated rings. The maximum absolute atomic E-state index is 5.50. The van der Waals surface area contributed by atoms with E-state index in [1.165, 1.54) is 11.1 Å². The quantitative estimate of drug-likeness (QED) is 0.180. The van der Waals surface area contributed by atoms with E-state index >= 15 is 0 Å². The van der Waals surface area contributed by atoms with E-state index in [0.29, 0.717) is 13.1 Å². The number of hydrogen-bond donors (Lipinski definition) is 0. The zero-order valence-corrected chi connectivity index (χ0v) is 21.9. The highest BCUT2D eigenvalue weighted by molar-refractivity contribution is 14.0. The van der Waals surface area contributed by atoms with Crippen LogP contribution in [0, 0.1) is 0 Å². The van der Waals surface area contributed by atoms with E-state index in [9.17, 15) is 0 Å². The van der Waals surface area contributed by atoms with Crippen LogP contribution in [0.1, 0.15) is 11.1 Å². The fourth-order valence-corrected chi connectivity index (χ4v) is 3.74. The third-order valence-corrected chi connectivity index (χ3v) is 5.53. The second-order valence-corrected chi connectivity index (χ2v) is 7.60. The minimum Gasteiger partial charge on any atom is -0.497 e. The Kier molecular flexibility index (Phi) is 10.7. The molecule has 0 atom stereocenters. The van der Waals surface area contributed by atoms with E-state index in [1.54, 1.807) is 33.1 Å². The van der Waals surface area contributed by atoms with Crippen molar-refractivity contribution in [3.8, 4) is 17.2 Å². The average molecular weight is 564 g/mol. The highest BCUT2D eigenvalue weighted by Gasteiger charge is 2.14. The molecule has 0 saturated heterocycles. The SMILES string of the molecule is COc1ccc(CN(Cc2ccc(OC)cc2)C(=Nc2ccccc2OC)SC)cc1.I. The van der Waals surface area contributed by atoms with Crippen molar-refractivity contribution in [2.45, 2.75) is 13.1 Å². The van der Waals surface area contributed by atoms with Crippen molar-refractivity contribution in [2.24, 2.45) is 4.99 Å². The van der Waals surface area contributed by atoms with Crippen molar-refractivity contribution < 1.29 is 14.2 Å². The van der Waals surface area contributed by atoms with Gasteiger partial charge < -0.3 is 19.1 Å². The van der Waals surface area contributed by atoms with Gasteiger partial charge in [0.15, 0.2) is 5.17 Å². The molecule has 170 valence electrons. The summed E-state index contributed by atoms with van der Waals surface area (Å²) < 4.78 is 16.1. The Balaban J connectivity index is 0.00000363. The van der Waals surface area contributed by atoms with Gasteiger partial charge in [0.05, 0.1) is 21.3 Å². The van der Waals surface area contributed by atoms with Crippen molar-refractivity contribution in [3.63, 3.8) is 0 Å². The van der Waals surface area contributed by atoms with Crippen LogP contribution < -0.4 is 14.2 Å². The lowest BCUT2D eigenvalue weighted by Crippen LogP contribution is -2.27. The van der Waals surface area contributed by atoms with Crippen molar-refractivity contribution >= 4 is 46.6 Å². The van der Waals surface area contributed by atoms with E-state index in [2.05, 4.69) is 29.2 Å². The van der Waals surface area contributed by atoms with Gasteiger partial charge in [0, 0.05) is 13.1 Å². The first-order chi connectivity index (χ1) is 15.2. The molecule has 3 aromatic rings. The molecule has 0 unspecified atom stereocenters. The van der Waals surface area contributed by atoms with Crippen molar-refractivity contribution in [1.82, 2.24) is 4.90 Å². The van der Waals surface area contributed by atoms with Gasteiger partial charge in [0.2, 0.25) is 0 Å². The first kappa shape index (κ1) is 25.9. The summed E-state index contributed by atoms with van der Waals surface area (Å²) in [6.07, 6.45) is 2.04. The first-order valence-electron chi connectivity index (χ1n) is 9.93. The van der Waals surface area contributed by atoms with Gasteiger partial charge in [-0.1, -0.05) is 48.2 Å². The molecule has 7 heteroatoms. The van der Waals surface area contributed by atoms with Crippen LogP contribution in [0.5, 0.6) is 17.2 Å². The summed E-state index contributed by atoms with van der Waals surface area (Å²) in [7, 11) is 5.02. The molecule has 0 aliphatic carbocycles. The summed E-state index contributed by atoms with van der Waals surface area (Å²) in [4.78, 5) is 7.20. The van der Waals surface area contributed by atoms with Gasteiger partial charge in [0.1, 0.15) is 22.9 Å². The molecule has 0 aliphatic heterocycles. The van der Waals surface area contributed by atoms with Crippen LogP contribution >= 0.6 is 35.7 Å². The second-order valence-electron chi connectivity index (χ2n) is 6.82. The van der Waals surface area contributed by atoms with Crippen LogP contribution in [0.3, 0.4) is 0 Å². The molecule has 3 rings (SSSR count). The summed E-state index contributed by atoms with van der Waals surface area (Å²) in [6.45, 7) is 1.43. The van der Waals surface area contributed by atoms with Crippen molar-refractivity contribution in [2.75, 3.05) is 27.6 Å². The van der Waals surface area contributed by atoms with E-state index in [-0.39, 0.29) is 24.0 Å². The monoisotopic (exact) mass is 564 g/mol. The Hall–Kier alpha value is -2.39. The molecule has 0 spiro atoms. The topological polar surface area (TPSA) is 43.3 Å². The van der Waals surface area contributed by atoms with E-state index in [0.717, 1.165) is 28.1 Å². The average Bonchev–Trinajstić information content (AvgIpc) is 2.83. The standard InChI is InChI=1S/C25H28N2O3S.HI/c1-28-21-13-9-19(10-14-21)17-27(18-20-11-15-22(29-2)16-12-20)25(31-4)26-23-7-5-6-8-24(23)30-3;/h5-16H,17-18H2,1-4H3;1H. The van der Waals surface area contributed by atoms with E-state index < -0.39 is 0 Å². The molecule has 0 saturated carbocycles. The number of thioether (sulfide) groups is 1. The van der Waals surface area contributed by atoms with Crippen LogP contribution in [-0.2, 0) is 13.1 Å². The number of aliphatic imine (C=N–C) groups is 1. The van der Waals surface area contributed by atoms with Gasteiger partial charge in [-0.15, -0.1) is 24.0 Å². The second kappa shape index (κ2) is 13.2. The molecule has 0 heterocycles. The Morgan fingerprint density at radius 1 is 0.750 bits per heavy atom. The Morgan fingerprint density at radius 3 is 1.69 bits per heavy atom. The highest BCUT2D eigenvalue weighted by Crippen LogP contribution is 2.29. The normalized spacial score (nSPS) is 10.8. The third-order valence-electron chi connectivity index (χ3n) is 4.82. The van der Waals surface area contributed by atoms with Crippen LogP contribution in [0.25, 0.3) is 0 Å². The molecule has 0 aromatic heterocycles. The number of nitrogens with zero attached hydrogens (tertiary/aromatic N) is 2. The van der Waals surface area contributed by atoms with Gasteiger partial charge in [0.25, 0.3) is 0 Å². The summed E-state index contributed by atoms with van der Waals surface area (Å²) >= 11 is 1.62. The largest absolute Gasteiger partial charge is 0.497 e. The fourth-order valence-electron chi connectivity index (χ4n) is 3.16. The van der Waals surface area contributed by atoms with Crippen LogP contribution in [0.4, 0.5) is 5.69 Å². The molecule has 0 radical (unpaired) electrons. The lowest BCUT2D eigenvalue weighted by atomic mass is 10.1. The fraction of sp³-hybridized carbons (Fsp3) is 0.240. The number of amidine groups is 1. The minimum atomic E-state index is 0. The minimum absolute atomic E-state index is 0. The zero-order valence-electron chi connectivity index (χ0n) is 18.8. The molecule has 0 bridgehead atoms. The third kappa shape index (κ3) is 7.06. The molecular weight excluding hydrogens is 535 g/mol. The van der Waals surface area contributed by atoms with Gasteiger partial charge >= 0.3 is 0 Å². The van der Waals surface area contributed by atoms with Gasteiger partial charge in [-0.2, -0.15) is 0 Å². The predicted molar refractivity (Wildman–Crippen MR) is 144 cm³/mol. The Morgan fingerprint density at radius 2 is 1.25 bits per heavy atom. The zero-order chi connectivity index (χ0) is 22.1. The first-order valence-corrected chi connectivity index (χ1v) is 11.2. The molecular formula is C25H29IN2O3S. The smallest absolute Gasteiger partial charge is 0.164 e. The predicted octanol–water partition coefficient (Wildman–Crippen LogP) is 6.38. The number of methoxy groups -OCH3 is 3. The summed E-state index contributed by atoms with van der Waals surface area (Å²) in [6, 6.07) is 24.1. The number of ether oxygens (including phenoxy) is 3. The number of para-hydroxylation sites is 2. The number of hydrogen-bond acceptors (Lipinski definition) is 5. The van der Waals surface area contributed by atoms with Crippen LogP contribution in [0.2, 0.25) is 0 Å². The number of benzene rings is 3. The summed E-state index contributed by atoms with van der Waals surface area (Å²) in [5.74, 6) is 2.44. The molecule has 0 aliphatic rings. The van der Waals surface area contributed by atoms with E-state index in [1.807, 2.05) is 54.8 Å². The van der Waals surface area contributed by atoms with Crippen molar-refractivity contribution in [3.05, 3.63) is 83.9 Å². The van der Waals surface area contributed by atoms with Gasteiger partial charge in [-0.25, -0.2) is 4.99 Å². The molecule has 3 aromatic carbocycles. The Labute approximate surface area is 211 Å². The summed E-state index contributed by atoms with van der Waals surface area (Å²) in [5.41, 5.74) is 3.16. The molecule has 0 N–H and O–H groups in total. The van der Waals surface area contributed by atoms with Crippen LogP contribution in [0.15, 0.2) is 77.8 Å². The molecule has 0 amide bonds. The Bertz CT molecular complexity index is 945. The maximum atomic E-state index is 5.50. The lowest BCUT2D eigenvalue weighted by molar-refractivity contribution is 0.404. The van der Waals surface area contributed by atoms with Crippen LogP contribution in [-0.4, -0.2) is 37.7 Å². The van der Waals surface area contributed by atoms with E-state index in [4.69, 9.17) is 19.2 Å². The van der Waals surface area contributed by atoms with Gasteiger partial charge in [-0.05, 0) is 53.8 Å². The number of rotatable bonds is 8. The summed E-state index contributed by atoms with van der Waals surface area (Å²) in [5, 5.41) is 0.913. The molecule has 32 heavy (non-hydrogen) atoms. The highest BCUT2D eigenvalue weighted by atomic mass is 127. The lowest BCUT2D eigenvalue weighted by Gasteiger charge is -2.26. The maximum Gasteiger partial charge on any atom is 0.164 e. The number of halogens is 1. The molecule has 5 nitrogen and oxygen atoms in total. The van der Waals surface area contributed by atoms with Gasteiger partial charge in [-0.3, -0.25) is 0 Å². The van der Waals surface area contributed by atoms with Crippen molar-refractivity contribution in [1.29, 1.82) is 0 Å².